The van der Waals surface area contributed by atoms with Gasteiger partial charge in [-0.2, -0.15) is 0 Å². The number of aryl methyl sites for hydroxylation is 2. The number of nitrogens with two attached hydrogens (primary N) is 1. The summed E-state index contributed by atoms with van der Waals surface area (Å²) in [5.74, 6) is 0.201. The number of nitrogens with zero attached hydrogens (tertiary/aromatic N) is 2. The standard InChI is InChI=1S/C17H17FN4O/c1-9-4-13(18)14(19)6-11(9)12-5-10-8-21-16(20-2)7-15(10)22(3)17(12)23/h4-8H,19H2,1-3H3,(H,20,21). The largest absolute Gasteiger partial charge is 0.396 e. The summed E-state index contributed by atoms with van der Waals surface area (Å²) in [5, 5.41) is 3.77. The maximum absolute atomic E-state index is 13.6. The fourth-order valence-corrected chi connectivity index (χ4v) is 2.67. The number of anilines is 2. The van der Waals surface area contributed by atoms with Gasteiger partial charge in [0.15, 0.2) is 0 Å². The molecule has 0 atom stereocenters. The van der Waals surface area contributed by atoms with Gasteiger partial charge in [0.05, 0.1) is 11.2 Å². The Morgan fingerprint density at radius 3 is 2.65 bits per heavy atom. The molecule has 2 aromatic heterocycles. The molecule has 5 nitrogen and oxygen atoms in total. The van der Waals surface area contributed by atoms with E-state index in [1.165, 1.54) is 12.1 Å². The molecule has 6 heteroatoms. The lowest BCUT2D eigenvalue weighted by molar-refractivity contribution is 0.631. The molecule has 3 aromatic rings. The number of pyridine rings is 2. The smallest absolute Gasteiger partial charge is 0.258 e. The molecule has 0 radical (unpaired) electrons. The minimum absolute atomic E-state index is 0.0244. The normalized spacial score (nSPS) is 11.0. The van der Waals surface area contributed by atoms with Crippen LogP contribution in [-0.2, 0) is 7.05 Å². The SMILES string of the molecule is CNc1cc2c(cn1)cc(-c1cc(N)c(F)cc1C)c(=O)n2C. The molecule has 118 valence electrons. The summed E-state index contributed by atoms with van der Waals surface area (Å²) in [7, 11) is 3.47. The highest BCUT2D eigenvalue weighted by molar-refractivity contribution is 5.86. The van der Waals surface area contributed by atoms with E-state index in [1.54, 1.807) is 37.8 Å². The van der Waals surface area contributed by atoms with Crippen LogP contribution in [0.4, 0.5) is 15.9 Å². The van der Waals surface area contributed by atoms with Gasteiger partial charge in [-0.1, -0.05) is 0 Å². The Balaban J connectivity index is 2.34. The minimum atomic E-state index is -0.482. The Morgan fingerprint density at radius 2 is 1.96 bits per heavy atom. The Bertz CT molecular complexity index is 978. The van der Waals surface area contributed by atoms with Gasteiger partial charge in [0.25, 0.3) is 5.56 Å². The predicted octanol–water partition coefficient (Wildman–Crippen LogP) is 2.67. The zero-order valence-corrected chi connectivity index (χ0v) is 13.1. The van der Waals surface area contributed by atoms with Crippen molar-refractivity contribution in [1.29, 1.82) is 0 Å². The molecule has 0 saturated heterocycles. The van der Waals surface area contributed by atoms with Crippen LogP contribution in [0.3, 0.4) is 0 Å². The van der Waals surface area contributed by atoms with Crippen molar-refractivity contribution in [2.45, 2.75) is 6.92 Å². The average Bonchev–Trinajstić information content (AvgIpc) is 2.54. The van der Waals surface area contributed by atoms with Gasteiger partial charge in [0.1, 0.15) is 11.6 Å². The Hall–Kier alpha value is -2.89. The van der Waals surface area contributed by atoms with Crippen molar-refractivity contribution in [3.8, 4) is 11.1 Å². The lowest BCUT2D eigenvalue weighted by Gasteiger charge is -2.12. The van der Waals surface area contributed by atoms with Crippen molar-refractivity contribution in [3.63, 3.8) is 0 Å². The van der Waals surface area contributed by atoms with Gasteiger partial charge in [-0.3, -0.25) is 4.79 Å². The van der Waals surface area contributed by atoms with Crippen molar-refractivity contribution in [3.05, 3.63) is 52.2 Å². The molecule has 0 spiro atoms. The number of fused-ring (bicyclic) bond motifs is 1. The average molecular weight is 312 g/mol. The third-order valence-electron chi connectivity index (χ3n) is 4.00. The number of nitrogen functional groups attached to an aromatic ring is 1. The maximum Gasteiger partial charge on any atom is 0.258 e. The molecule has 0 aliphatic heterocycles. The van der Waals surface area contributed by atoms with Crippen molar-refractivity contribution in [1.82, 2.24) is 9.55 Å². The quantitative estimate of drug-likeness (QED) is 0.714. The highest BCUT2D eigenvalue weighted by Crippen LogP contribution is 2.27. The maximum atomic E-state index is 13.6. The van der Waals surface area contributed by atoms with Gasteiger partial charge in [-0.15, -0.1) is 0 Å². The van der Waals surface area contributed by atoms with Crippen LogP contribution in [0.1, 0.15) is 5.56 Å². The first kappa shape index (κ1) is 15.0. The molecule has 0 saturated carbocycles. The predicted molar refractivity (Wildman–Crippen MR) is 91.1 cm³/mol. The second-order valence-corrected chi connectivity index (χ2v) is 5.49. The third-order valence-corrected chi connectivity index (χ3v) is 4.00. The summed E-state index contributed by atoms with van der Waals surface area (Å²) < 4.78 is 15.1. The summed E-state index contributed by atoms with van der Waals surface area (Å²) >= 11 is 0. The summed E-state index contributed by atoms with van der Waals surface area (Å²) in [6.07, 6.45) is 1.70. The summed E-state index contributed by atoms with van der Waals surface area (Å²) in [5.41, 5.74) is 8.05. The topological polar surface area (TPSA) is 72.9 Å². The first-order chi connectivity index (χ1) is 10.9. The Labute approximate surface area is 132 Å². The highest BCUT2D eigenvalue weighted by Gasteiger charge is 2.13. The minimum Gasteiger partial charge on any atom is -0.396 e. The molecule has 0 aliphatic rings. The molecule has 0 fully saturated rings. The number of nitrogens with one attached hydrogen (secondary N) is 1. The fourth-order valence-electron chi connectivity index (χ4n) is 2.67. The van der Waals surface area contributed by atoms with E-state index in [2.05, 4.69) is 10.3 Å². The molecule has 0 amide bonds. The molecule has 23 heavy (non-hydrogen) atoms. The second kappa shape index (κ2) is 5.39. The third kappa shape index (κ3) is 2.42. The molecular weight excluding hydrogens is 295 g/mol. The number of benzene rings is 1. The molecule has 0 bridgehead atoms. The Kier molecular flexibility index (Phi) is 3.52. The van der Waals surface area contributed by atoms with Crippen molar-refractivity contribution in [2.75, 3.05) is 18.1 Å². The van der Waals surface area contributed by atoms with E-state index >= 15 is 0 Å². The van der Waals surface area contributed by atoms with Gasteiger partial charge in [-0.25, -0.2) is 9.37 Å². The van der Waals surface area contributed by atoms with E-state index in [1.807, 2.05) is 6.07 Å². The van der Waals surface area contributed by atoms with Crippen LogP contribution in [0.15, 0.2) is 35.3 Å². The van der Waals surface area contributed by atoms with Crippen LogP contribution >= 0.6 is 0 Å². The van der Waals surface area contributed by atoms with E-state index < -0.39 is 5.82 Å². The second-order valence-electron chi connectivity index (χ2n) is 5.49. The lowest BCUT2D eigenvalue weighted by Crippen LogP contribution is -2.19. The Morgan fingerprint density at radius 1 is 1.22 bits per heavy atom. The van der Waals surface area contributed by atoms with Crippen LogP contribution in [0.2, 0.25) is 0 Å². The number of halogens is 1. The van der Waals surface area contributed by atoms with Crippen LogP contribution in [0.25, 0.3) is 22.0 Å². The molecule has 2 heterocycles. The number of rotatable bonds is 2. The van der Waals surface area contributed by atoms with Crippen LogP contribution in [-0.4, -0.2) is 16.6 Å². The van der Waals surface area contributed by atoms with E-state index in [0.717, 1.165) is 10.9 Å². The first-order valence-corrected chi connectivity index (χ1v) is 7.16. The molecular formula is C17H17FN4O. The zero-order chi connectivity index (χ0) is 16.7. The highest BCUT2D eigenvalue weighted by atomic mass is 19.1. The molecule has 3 rings (SSSR count). The molecule has 0 unspecified atom stereocenters. The van der Waals surface area contributed by atoms with Gasteiger partial charge < -0.3 is 15.6 Å². The van der Waals surface area contributed by atoms with Gasteiger partial charge in [0.2, 0.25) is 0 Å². The van der Waals surface area contributed by atoms with Crippen molar-refractivity contribution in [2.24, 2.45) is 7.05 Å². The molecule has 0 aliphatic carbocycles. The zero-order valence-electron chi connectivity index (χ0n) is 13.1. The van der Waals surface area contributed by atoms with Gasteiger partial charge in [0, 0.05) is 37.3 Å². The van der Waals surface area contributed by atoms with E-state index in [-0.39, 0.29) is 11.2 Å². The molecule has 3 N–H and O–H groups in total. The van der Waals surface area contributed by atoms with Gasteiger partial charge >= 0.3 is 0 Å². The number of hydrogen-bond donors (Lipinski definition) is 2. The van der Waals surface area contributed by atoms with Crippen LogP contribution < -0.4 is 16.6 Å². The van der Waals surface area contributed by atoms with Crippen molar-refractivity contribution < 1.29 is 4.39 Å². The first-order valence-electron chi connectivity index (χ1n) is 7.16. The van der Waals surface area contributed by atoms with Gasteiger partial charge in [-0.05, 0) is 36.2 Å². The van der Waals surface area contributed by atoms with Crippen LogP contribution in [0, 0.1) is 12.7 Å². The van der Waals surface area contributed by atoms with E-state index in [4.69, 9.17) is 5.73 Å². The summed E-state index contributed by atoms with van der Waals surface area (Å²) in [6.45, 7) is 1.75. The molecule has 1 aromatic carbocycles. The monoisotopic (exact) mass is 312 g/mol. The fraction of sp³-hybridized carbons (Fsp3) is 0.176. The summed E-state index contributed by atoms with van der Waals surface area (Å²) in [4.78, 5) is 17.0. The van der Waals surface area contributed by atoms with E-state index in [9.17, 15) is 9.18 Å². The number of hydrogen-bond acceptors (Lipinski definition) is 4. The van der Waals surface area contributed by atoms with Crippen LogP contribution in [0.5, 0.6) is 0 Å². The van der Waals surface area contributed by atoms with Crippen molar-refractivity contribution >= 4 is 22.4 Å². The summed E-state index contributed by atoms with van der Waals surface area (Å²) in [6, 6.07) is 6.43. The van der Waals surface area contributed by atoms with E-state index in [0.29, 0.717) is 22.5 Å². The lowest BCUT2D eigenvalue weighted by atomic mass is 9.99. The number of aromatic nitrogens is 2.